The number of piperidine rings is 1. The molecule has 3 unspecified atom stereocenters. The van der Waals surface area contributed by atoms with Crippen molar-refractivity contribution in [3.05, 3.63) is 0 Å². The molecular weight excluding hydrogens is 217 g/mol. The lowest BCUT2D eigenvalue weighted by Gasteiger charge is -2.40. The first-order chi connectivity index (χ1) is 7.34. The summed E-state index contributed by atoms with van der Waals surface area (Å²) >= 11 is 0. The molecule has 2 N–H and O–H groups in total. The molecule has 0 aliphatic carbocycles. The van der Waals surface area contributed by atoms with E-state index in [1.165, 1.54) is 0 Å². The second kappa shape index (κ2) is 5.36. The van der Waals surface area contributed by atoms with Crippen LogP contribution in [0.5, 0.6) is 0 Å². The Bertz CT molecular complexity index is 208. The molecule has 1 fully saturated rings. The third kappa shape index (κ3) is 3.63. The van der Waals surface area contributed by atoms with Gasteiger partial charge in [-0.05, 0) is 31.2 Å². The molecule has 0 aromatic carbocycles. The van der Waals surface area contributed by atoms with E-state index in [0.717, 1.165) is 6.42 Å². The molecule has 0 aromatic rings. The van der Waals surface area contributed by atoms with Crippen molar-refractivity contribution in [1.82, 2.24) is 4.90 Å². The Balaban J connectivity index is 2.70. The second-order valence-electron chi connectivity index (χ2n) is 5.03. The Morgan fingerprint density at radius 3 is 2.12 bits per heavy atom. The Kier molecular flexibility index (Phi) is 4.62. The summed E-state index contributed by atoms with van der Waals surface area (Å²) in [4.78, 5) is 1.56. The van der Waals surface area contributed by atoms with Crippen molar-refractivity contribution in [1.29, 1.82) is 0 Å². The molecule has 3 atom stereocenters. The Morgan fingerprint density at radius 1 is 1.25 bits per heavy atom. The molecular formula is C11H21F3N2. The highest BCUT2D eigenvalue weighted by molar-refractivity contribution is 4.85. The van der Waals surface area contributed by atoms with Crippen LogP contribution in [-0.4, -0.2) is 36.8 Å². The predicted octanol–water partition coefficient (Wildman–Crippen LogP) is 2.24. The number of nitrogens with zero attached hydrogens (tertiary/aromatic N) is 1. The van der Waals surface area contributed by atoms with Crippen LogP contribution in [-0.2, 0) is 0 Å². The molecule has 1 rings (SSSR count). The van der Waals surface area contributed by atoms with Crippen LogP contribution in [0.15, 0.2) is 0 Å². The fourth-order valence-electron chi connectivity index (χ4n) is 2.68. The summed E-state index contributed by atoms with van der Waals surface area (Å²) in [7, 11) is 0. The molecule has 1 aliphatic heterocycles. The minimum Gasteiger partial charge on any atom is -0.330 e. The zero-order valence-electron chi connectivity index (χ0n) is 9.93. The number of nitrogens with two attached hydrogens (primary N) is 1. The number of likely N-dealkylation sites (tertiary alicyclic amines) is 1. The van der Waals surface area contributed by atoms with E-state index >= 15 is 0 Å². The van der Waals surface area contributed by atoms with Crippen LogP contribution in [0.2, 0.25) is 0 Å². The van der Waals surface area contributed by atoms with Gasteiger partial charge < -0.3 is 5.73 Å². The highest BCUT2D eigenvalue weighted by atomic mass is 19.4. The highest BCUT2D eigenvalue weighted by Crippen LogP contribution is 2.31. The minimum absolute atomic E-state index is 0.00292. The van der Waals surface area contributed by atoms with Crippen molar-refractivity contribution in [2.45, 2.75) is 38.9 Å². The van der Waals surface area contributed by atoms with Crippen LogP contribution in [0.25, 0.3) is 0 Å². The average molecular weight is 238 g/mol. The van der Waals surface area contributed by atoms with E-state index in [2.05, 4.69) is 0 Å². The van der Waals surface area contributed by atoms with Crippen molar-refractivity contribution in [3.8, 4) is 0 Å². The predicted molar refractivity (Wildman–Crippen MR) is 58.0 cm³/mol. The van der Waals surface area contributed by atoms with Crippen LogP contribution in [0.3, 0.4) is 0 Å². The fourth-order valence-corrected chi connectivity index (χ4v) is 2.68. The van der Waals surface area contributed by atoms with Crippen molar-refractivity contribution in [2.75, 3.05) is 19.6 Å². The van der Waals surface area contributed by atoms with E-state index in [1.54, 1.807) is 4.90 Å². The van der Waals surface area contributed by atoms with E-state index in [1.807, 2.05) is 13.8 Å². The molecule has 1 heterocycles. The van der Waals surface area contributed by atoms with E-state index in [0.29, 0.717) is 24.9 Å². The number of rotatable bonds is 3. The summed E-state index contributed by atoms with van der Waals surface area (Å²) in [5.74, 6) is 0.678. The third-order valence-electron chi connectivity index (χ3n) is 3.16. The molecule has 0 radical (unpaired) electrons. The van der Waals surface area contributed by atoms with Gasteiger partial charge in [-0.15, -0.1) is 0 Å². The second-order valence-corrected chi connectivity index (χ2v) is 5.03. The van der Waals surface area contributed by atoms with Crippen molar-refractivity contribution < 1.29 is 13.2 Å². The first kappa shape index (κ1) is 13.8. The van der Waals surface area contributed by atoms with Crippen molar-refractivity contribution >= 4 is 0 Å². The van der Waals surface area contributed by atoms with Gasteiger partial charge in [-0.1, -0.05) is 13.8 Å². The number of alkyl halides is 3. The third-order valence-corrected chi connectivity index (χ3v) is 3.16. The maximum atomic E-state index is 12.8. The molecule has 16 heavy (non-hydrogen) atoms. The number of hydrogen-bond donors (Lipinski definition) is 1. The molecule has 1 saturated heterocycles. The largest absolute Gasteiger partial charge is 0.404 e. The topological polar surface area (TPSA) is 29.3 Å². The lowest BCUT2D eigenvalue weighted by atomic mass is 9.90. The van der Waals surface area contributed by atoms with E-state index in [4.69, 9.17) is 5.73 Å². The maximum absolute atomic E-state index is 12.8. The zero-order chi connectivity index (χ0) is 12.3. The summed E-state index contributed by atoms with van der Waals surface area (Å²) in [6.07, 6.45) is -3.14. The van der Waals surface area contributed by atoms with Gasteiger partial charge in [0.2, 0.25) is 0 Å². The van der Waals surface area contributed by atoms with Gasteiger partial charge in [0, 0.05) is 13.1 Å². The molecule has 0 amide bonds. The molecule has 0 bridgehead atoms. The van der Waals surface area contributed by atoms with Gasteiger partial charge in [0.1, 0.15) is 6.04 Å². The lowest BCUT2D eigenvalue weighted by molar-refractivity contribution is -0.191. The normalized spacial score (nSPS) is 30.4. The van der Waals surface area contributed by atoms with Crippen molar-refractivity contribution in [2.24, 2.45) is 17.6 Å². The molecule has 0 aromatic heterocycles. The average Bonchev–Trinajstić information content (AvgIpc) is 2.10. The summed E-state index contributed by atoms with van der Waals surface area (Å²) in [5, 5.41) is 0. The summed E-state index contributed by atoms with van der Waals surface area (Å²) in [6, 6.07) is -1.36. The lowest BCUT2D eigenvalue weighted by Crippen LogP contribution is -2.52. The minimum atomic E-state index is -4.16. The molecule has 0 spiro atoms. The van der Waals surface area contributed by atoms with Gasteiger partial charge in [0.15, 0.2) is 0 Å². The molecule has 96 valence electrons. The number of hydrogen-bond acceptors (Lipinski definition) is 2. The standard InChI is InChI=1S/C11H21F3N2/c1-8-5-9(2)7-16(6-8)10(3-4-15)11(12,13)14/h8-10H,3-7,15H2,1-2H3. The van der Waals surface area contributed by atoms with Gasteiger partial charge in [0.05, 0.1) is 0 Å². The van der Waals surface area contributed by atoms with Gasteiger partial charge in [-0.25, -0.2) is 0 Å². The molecule has 0 saturated carbocycles. The van der Waals surface area contributed by atoms with Crippen LogP contribution >= 0.6 is 0 Å². The molecule has 1 aliphatic rings. The first-order valence-electron chi connectivity index (χ1n) is 5.85. The van der Waals surface area contributed by atoms with Crippen LogP contribution in [0.1, 0.15) is 26.7 Å². The summed E-state index contributed by atoms with van der Waals surface area (Å²) < 4.78 is 38.5. The Hall–Kier alpha value is -0.290. The monoisotopic (exact) mass is 238 g/mol. The van der Waals surface area contributed by atoms with E-state index < -0.39 is 12.2 Å². The van der Waals surface area contributed by atoms with Crippen LogP contribution in [0.4, 0.5) is 13.2 Å². The number of halogens is 3. The van der Waals surface area contributed by atoms with Gasteiger partial charge in [0.25, 0.3) is 0 Å². The quantitative estimate of drug-likeness (QED) is 0.817. The Morgan fingerprint density at radius 2 is 1.75 bits per heavy atom. The maximum Gasteiger partial charge on any atom is 0.404 e. The van der Waals surface area contributed by atoms with Crippen LogP contribution < -0.4 is 5.73 Å². The zero-order valence-corrected chi connectivity index (χ0v) is 9.93. The van der Waals surface area contributed by atoms with E-state index in [-0.39, 0.29) is 13.0 Å². The smallest absolute Gasteiger partial charge is 0.330 e. The summed E-state index contributed by atoms with van der Waals surface area (Å²) in [5.41, 5.74) is 5.28. The van der Waals surface area contributed by atoms with Gasteiger partial charge in [-0.2, -0.15) is 13.2 Å². The first-order valence-corrected chi connectivity index (χ1v) is 5.85. The fraction of sp³-hybridized carbons (Fsp3) is 1.00. The van der Waals surface area contributed by atoms with Crippen LogP contribution in [0, 0.1) is 11.8 Å². The molecule has 2 nitrogen and oxygen atoms in total. The van der Waals surface area contributed by atoms with Gasteiger partial charge in [-0.3, -0.25) is 4.90 Å². The van der Waals surface area contributed by atoms with E-state index in [9.17, 15) is 13.2 Å². The molecule has 5 heteroatoms. The Labute approximate surface area is 95.0 Å². The van der Waals surface area contributed by atoms with Crippen molar-refractivity contribution in [3.63, 3.8) is 0 Å². The van der Waals surface area contributed by atoms with Gasteiger partial charge >= 0.3 is 6.18 Å². The SMILES string of the molecule is CC1CC(C)CN(C(CCN)C(F)(F)F)C1. The highest BCUT2D eigenvalue weighted by Gasteiger charge is 2.44. The summed E-state index contributed by atoms with van der Waals surface area (Å²) in [6.45, 7) is 5.18.